The molecule has 0 aliphatic rings. The van der Waals surface area contributed by atoms with Crippen molar-refractivity contribution in [2.75, 3.05) is 0 Å². The minimum Gasteiger partial charge on any atom is -0.309 e. The van der Waals surface area contributed by atoms with E-state index in [1.807, 2.05) is 0 Å². The molecular formula is C40H24N2. The van der Waals surface area contributed by atoms with Gasteiger partial charge in [-0.2, -0.15) is 0 Å². The zero-order chi connectivity index (χ0) is 27.4. The largest absolute Gasteiger partial charge is 0.309 e. The zero-order valence-electron chi connectivity index (χ0n) is 22.8. The van der Waals surface area contributed by atoms with Gasteiger partial charge in [-0.05, 0) is 40.6 Å². The number of rotatable bonds is 2. The number of aromatic nitrogens is 2. The van der Waals surface area contributed by atoms with Crippen LogP contribution in [0.2, 0.25) is 0 Å². The van der Waals surface area contributed by atoms with E-state index in [-0.39, 0.29) is 0 Å². The summed E-state index contributed by atoms with van der Waals surface area (Å²) in [5.41, 5.74) is 9.91. The quantitative estimate of drug-likeness (QED) is 0.209. The van der Waals surface area contributed by atoms with E-state index in [9.17, 15) is 0 Å². The molecule has 0 N–H and O–H groups in total. The van der Waals surface area contributed by atoms with Gasteiger partial charge in [0.05, 0.1) is 33.3 Å². The van der Waals surface area contributed by atoms with Gasteiger partial charge in [0, 0.05) is 37.9 Å². The topological polar surface area (TPSA) is 9.34 Å². The van der Waals surface area contributed by atoms with E-state index in [1.165, 1.54) is 87.5 Å². The SMILES string of the molecule is c1ccc(-c2ccccc2-n2c3cccc4c5ccccc5n5c6c7ccccc7ccc6c6ccc2c(c43)c65)cc1. The van der Waals surface area contributed by atoms with Crippen molar-refractivity contribution in [1.82, 2.24) is 8.97 Å². The fourth-order valence-corrected chi connectivity index (χ4v) is 7.56. The first-order valence-electron chi connectivity index (χ1n) is 14.5. The number of benzene rings is 7. The lowest BCUT2D eigenvalue weighted by atomic mass is 10.0. The van der Waals surface area contributed by atoms with E-state index in [0.29, 0.717) is 0 Å². The summed E-state index contributed by atoms with van der Waals surface area (Å²) in [5, 5.41) is 10.3. The average molecular weight is 533 g/mol. The highest BCUT2D eigenvalue weighted by molar-refractivity contribution is 6.34. The number of fused-ring (bicyclic) bond motifs is 8. The van der Waals surface area contributed by atoms with E-state index >= 15 is 0 Å². The second-order valence-electron chi connectivity index (χ2n) is 11.3. The zero-order valence-corrected chi connectivity index (χ0v) is 22.8. The Morgan fingerprint density at radius 1 is 0.357 bits per heavy atom. The van der Waals surface area contributed by atoms with Gasteiger partial charge in [0.2, 0.25) is 0 Å². The summed E-state index contributed by atoms with van der Waals surface area (Å²) < 4.78 is 5.04. The third-order valence-corrected chi connectivity index (χ3v) is 9.23. The maximum absolute atomic E-state index is 2.55. The van der Waals surface area contributed by atoms with Crippen LogP contribution in [0.4, 0.5) is 0 Å². The molecule has 2 nitrogen and oxygen atoms in total. The van der Waals surface area contributed by atoms with Crippen molar-refractivity contribution < 1.29 is 0 Å². The van der Waals surface area contributed by atoms with Crippen LogP contribution >= 0.6 is 0 Å². The van der Waals surface area contributed by atoms with Crippen LogP contribution in [0.3, 0.4) is 0 Å². The summed E-state index contributed by atoms with van der Waals surface area (Å²) in [7, 11) is 0. The minimum atomic E-state index is 1.20. The number of nitrogens with zero attached hydrogens (tertiary/aromatic N) is 2. The summed E-state index contributed by atoms with van der Waals surface area (Å²) in [6, 6.07) is 53.4. The molecule has 194 valence electrons. The van der Waals surface area contributed by atoms with Crippen molar-refractivity contribution in [2.24, 2.45) is 0 Å². The van der Waals surface area contributed by atoms with Crippen LogP contribution in [-0.4, -0.2) is 8.97 Å². The number of para-hydroxylation sites is 2. The smallest absolute Gasteiger partial charge is 0.0642 e. The molecule has 0 atom stereocenters. The molecule has 0 aliphatic carbocycles. The molecular weight excluding hydrogens is 508 g/mol. The molecule has 0 unspecified atom stereocenters. The highest BCUT2D eigenvalue weighted by Gasteiger charge is 2.24. The maximum atomic E-state index is 2.55. The van der Waals surface area contributed by atoms with E-state index in [1.54, 1.807) is 0 Å². The van der Waals surface area contributed by atoms with Gasteiger partial charge in [-0.25, -0.2) is 0 Å². The Labute approximate surface area is 241 Å². The lowest BCUT2D eigenvalue weighted by molar-refractivity contribution is 1.18. The molecule has 2 heteroatoms. The summed E-state index contributed by atoms with van der Waals surface area (Å²) >= 11 is 0. The van der Waals surface area contributed by atoms with Crippen LogP contribution in [0, 0.1) is 0 Å². The Balaban J connectivity index is 1.52. The van der Waals surface area contributed by atoms with Gasteiger partial charge >= 0.3 is 0 Å². The van der Waals surface area contributed by atoms with Crippen molar-refractivity contribution in [3.05, 3.63) is 146 Å². The number of hydrogen-bond donors (Lipinski definition) is 0. The molecule has 0 saturated heterocycles. The van der Waals surface area contributed by atoms with Gasteiger partial charge in [0.25, 0.3) is 0 Å². The molecule has 42 heavy (non-hydrogen) atoms. The third-order valence-electron chi connectivity index (χ3n) is 9.23. The lowest BCUT2D eigenvalue weighted by Gasteiger charge is -2.14. The Morgan fingerprint density at radius 3 is 1.95 bits per heavy atom. The molecule has 3 heterocycles. The Morgan fingerprint density at radius 2 is 1.02 bits per heavy atom. The summed E-state index contributed by atoms with van der Waals surface area (Å²) in [6.45, 7) is 0. The minimum absolute atomic E-state index is 1.20. The first kappa shape index (κ1) is 22.1. The molecule has 0 bridgehead atoms. The molecule has 10 rings (SSSR count). The summed E-state index contributed by atoms with van der Waals surface area (Å²) in [4.78, 5) is 0. The molecule has 0 spiro atoms. The van der Waals surface area contributed by atoms with Crippen LogP contribution < -0.4 is 0 Å². The molecule has 0 saturated carbocycles. The van der Waals surface area contributed by atoms with E-state index in [2.05, 4.69) is 155 Å². The van der Waals surface area contributed by atoms with Crippen LogP contribution in [0.15, 0.2) is 146 Å². The predicted molar refractivity (Wildman–Crippen MR) is 178 cm³/mol. The second-order valence-corrected chi connectivity index (χ2v) is 11.3. The van der Waals surface area contributed by atoms with Crippen molar-refractivity contribution >= 4 is 70.7 Å². The molecule has 0 radical (unpaired) electrons. The van der Waals surface area contributed by atoms with Gasteiger partial charge in [0.15, 0.2) is 0 Å². The van der Waals surface area contributed by atoms with Gasteiger partial charge in [-0.3, -0.25) is 0 Å². The molecule has 7 aromatic carbocycles. The van der Waals surface area contributed by atoms with Crippen molar-refractivity contribution in [2.45, 2.75) is 0 Å². The van der Waals surface area contributed by atoms with E-state index < -0.39 is 0 Å². The van der Waals surface area contributed by atoms with Crippen LogP contribution in [0.5, 0.6) is 0 Å². The third kappa shape index (κ3) is 2.69. The Bertz CT molecular complexity index is 2670. The highest BCUT2D eigenvalue weighted by atomic mass is 15.0. The van der Waals surface area contributed by atoms with E-state index in [4.69, 9.17) is 0 Å². The first-order chi connectivity index (χ1) is 20.9. The van der Waals surface area contributed by atoms with Crippen LogP contribution in [0.25, 0.3) is 87.5 Å². The number of hydrogen-bond acceptors (Lipinski definition) is 0. The molecule has 3 aromatic heterocycles. The van der Waals surface area contributed by atoms with Gasteiger partial charge in [0.1, 0.15) is 0 Å². The molecule has 0 fully saturated rings. The average Bonchev–Trinajstić information content (AvgIpc) is 3.54. The Hall–Kier alpha value is -5.60. The molecule has 0 aliphatic heterocycles. The van der Waals surface area contributed by atoms with Gasteiger partial charge < -0.3 is 8.97 Å². The summed E-state index contributed by atoms with van der Waals surface area (Å²) in [6.07, 6.45) is 0. The van der Waals surface area contributed by atoms with Crippen LogP contribution in [0.1, 0.15) is 0 Å². The normalized spacial score (nSPS) is 12.3. The van der Waals surface area contributed by atoms with Gasteiger partial charge in [-0.15, -0.1) is 0 Å². The fourth-order valence-electron chi connectivity index (χ4n) is 7.56. The highest BCUT2D eigenvalue weighted by Crippen LogP contribution is 2.46. The predicted octanol–water partition coefficient (Wildman–Crippen LogP) is 10.8. The molecule has 0 amide bonds. The maximum Gasteiger partial charge on any atom is 0.0642 e. The fraction of sp³-hybridized carbons (Fsp3) is 0. The summed E-state index contributed by atoms with van der Waals surface area (Å²) in [5.74, 6) is 0. The standard InChI is InChI=1S/C40H24N2/c1-2-11-25(12-3-1)27-14-6-8-18-33(27)41-35-20-10-17-30-29-16-7-9-19-34(29)42-39-28-15-5-4-13-26(28)21-22-31(39)32-23-24-36(41)38(37(30)35)40(32)42/h1-24H. The van der Waals surface area contributed by atoms with Crippen molar-refractivity contribution in [3.8, 4) is 16.8 Å². The lowest BCUT2D eigenvalue weighted by Crippen LogP contribution is -1.97. The van der Waals surface area contributed by atoms with Crippen molar-refractivity contribution in [3.63, 3.8) is 0 Å². The second kappa shape index (κ2) is 7.99. The monoisotopic (exact) mass is 532 g/mol. The Kier molecular flexibility index (Phi) is 4.21. The van der Waals surface area contributed by atoms with Gasteiger partial charge in [-0.1, -0.05) is 121 Å². The van der Waals surface area contributed by atoms with Crippen molar-refractivity contribution in [1.29, 1.82) is 0 Å². The van der Waals surface area contributed by atoms with E-state index in [0.717, 1.165) is 0 Å². The molecule has 10 aromatic rings. The first-order valence-corrected chi connectivity index (χ1v) is 14.5. The van der Waals surface area contributed by atoms with Crippen LogP contribution in [-0.2, 0) is 0 Å².